The summed E-state index contributed by atoms with van der Waals surface area (Å²) in [7, 11) is -9.97. The van der Waals surface area contributed by atoms with Crippen LogP contribution < -0.4 is 4.72 Å². The third-order valence-corrected chi connectivity index (χ3v) is 7.08. The molecule has 0 aromatic rings. The Bertz CT molecular complexity index is 1360. The lowest BCUT2D eigenvalue weighted by atomic mass is 9.91. The number of rotatable bonds is 12. The second-order valence-corrected chi connectivity index (χ2v) is 10.6. The Hall–Kier alpha value is -2.37. The molecule has 0 atom stereocenters. The molecule has 0 aliphatic carbocycles. The molecule has 0 aliphatic rings. The first-order valence-electron chi connectivity index (χ1n) is 10.2. The third kappa shape index (κ3) is 5.90. The van der Waals surface area contributed by atoms with Crippen molar-refractivity contribution in [3.05, 3.63) is 0 Å². The number of alkyl halides is 32. The van der Waals surface area contributed by atoms with E-state index in [2.05, 4.69) is 0 Å². The lowest BCUT2D eigenvalue weighted by Gasteiger charge is -2.46. The number of halogens is 32. The fourth-order valence-electron chi connectivity index (χ4n) is 2.92. The number of nitrogens with zero attached hydrogens (tertiary/aromatic N) is 1. The van der Waals surface area contributed by atoms with Crippen molar-refractivity contribution in [3.8, 4) is 0 Å². The molecule has 1 N–H and O–H groups in total. The van der Waals surface area contributed by atoms with Crippen LogP contribution in [0, 0.1) is 0 Å². The summed E-state index contributed by atoms with van der Waals surface area (Å²) in [6.07, 6.45) is -35.8. The van der Waals surface area contributed by atoms with Gasteiger partial charge in [-0.15, -0.1) is 53.0 Å². The average Bonchev–Trinajstić information content (AvgIpc) is 2.78. The topological polar surface area (TPSA) is 46.2 Å². The van der Waals surface area contributed by atoms with E-state index in [1.807, 2.05) is 0 Å². The maximum atomic E-state index is 13.9. The zero-order valence-electron chi connectivity index (χ0n) is 21.3. The minimum atomic E-state index is -9.97. The van der Waals surface area contributed by atoms with Gasteiger partial charge in [0.2, 0.25) is 0 Å². The van der Waals surface area contributed by atoms with Crippen molar-refractivity contribution in [2.45, 2.75) is 83.9 Å². The van der Waals surface area contributed by atoms with E-state index in [0.717, 1.165) is 0 Å². The average molecular weight is 869 g/mol. The molecule has 0 heterocycles. The normalized spacial score (nSPS) is 17.3. The summed E-state index contributed by atoms with van der Waals surface area (Å²) >= 11 is 0. The lowest BCUT2D eigenvalue weighted by molar-refractivity contribution is -1.22. The first-order chi connectivity index (χ1) is 21.2. The van der Waals surface area contributed by atoms with Gasteiger partial charge in [-0.3, -0.25) is 0 Å². The first-order valence-corrected chi connectivity index (χ1v) is 11.7. The molecule has 0 saturated heterocycles. The molecule has 51 heavy (non-hydrogen) atoms. The van der Waals surface area contributed by atoms with Crippen molar-refractivity contribution in [1.29, 1.82) is 0 Å². The summed E-state index contributed by atoms with van der Waals surface area (Å²) in [5.74, 6) is -66.5. The van der Waals surface area contributed by atoms with Gasteiger partial charge in [0.25, 0.3) is 10.0 Å². The second-order valence-electron chi connectivity index (χ2n) is 8.83. The van der Waals surface area contributed by atoms with Crippen LogP contribution in [0.15, 0.2) is 0 Å². The predicted molar refractivity (Wildman–Crippen MR) is 86.0 cm³/mol. The molecule has 308 valence electrons. The molecule has 0 unspecified atom stereocenters. The van der Waals surface area contributed by atoms with E-state index < -0.39 is 103 Å². The second kappa shape index (κ2) is 11.6. The molecule has 0 bridgehead atoms. The highest BCUT2D eigenvalue weighted by Crippen LogP contribution is 2.66. The van der Waals surface area contributed by atoms with Crippen molar-refractivity contribution in [2.24, 2.45) is 0 Å². The van der Waals surface area contributed by atoms with Gasteiger partial charge in [0.1, 0.15) is 0 Å². The number of hydrogen-bond donors (Lipinski definition) is 1. The van der Waals surface area contributed by atoms with Crippen LogP contribution in [0.1, 0.15) is 0 Å². The molecular weight excluding hydrogens is 868 g/mol. The minimum absolute atomic E-state index is 2.63. The van der Waals surface area contributed by atoms with Gasteiger partial charge >= 0.3 is 83.9 Å². The van der Waals surface area contributed by atoms with Crippen LogP contribution in [0.25, 0.3) is 0 Å². The van der Waals surface area contributed by atoms with Crippen molar-refractivity contribution < 1.29 is 153 Å². The SMILES string of the molecule is O=S(=O)(NC(F)(F)C(F)(F)C(F)(F)[N+](C(F)(F)F)(C(F)(F)F)C(F)(F)F)C(F)(F)C(F)(F)C(F)(F)C(F)(F)C(F)(F)C(F)(F)C(F)(F)C(F)(F)F. The summed E-state index contributed by atoms with van der Waals surface area (Å²) in [5, 5.41) is -9.40. The summed E-state index contributed by atoms with van der Waals surface area (Å²) < 4.78 is 433. The minimum Gasteiger partial charge on any atom is -0.206 e. The van der Waals surface area contributed by atoms with E-state index in [1.165, 1.54) is 0 Å². The zero-order valence-corrected chi connectivity index (χ0v) is 22.1. The number of sulfonamides is 1. The van der Waals surface area contributed by atoms with Crippen LogP contribution >= 0.6 is 0 Å². The Kier molecular flexibility index (Phi) is 11.0. The molecule has 0 amide bonds. The standard InChI is InChI=1S/C14HF32N2O2S/c15-1(16,3(19,20)5(23,24)8(29,30)31)2(17,18)4(21,22)6(25,26)11(36,37)51(49,50)47-9(32,33)7(27,28)10(34,35)48(12(38,39)40,13(41,42)43)14(44,45)46/h47H/q+1. The van der Waals surface area contributed by atoms with Gasteiger partial charge < -0.3 is 0 Å². The molecule has 0 aliphatic heterocycles. The predicted octanol–water partition coefficient (Wildman–Crippen LogP) is 9.07. The Balaban J connectivity index is 7.67. The van der Waals surface area contributed by atoms with Crippen molar-refractivity contribution in [2.75, 3.05) is 0 Å². The Morgan fingerprint density at radius 2 is 0.569 bits per heavy atom. The quantitative estimate of drug-likeness (QED) is 0.121. The van der Waals surface area contributed by atoms with E-state index in [4.69, 9.17) is 0 Å². The van der Waals surface area contributed by atoms with Crippen molar-refractivity contribution in [1.82, 2.24) is 4.72 Å². The third-order valence-electron chi connectivity index (χ3n) is 5.63. The van der Waals surface area contributed by atoms with E-state index in [9.17, 15) is 149 Å². The van der Waals surface area contributed by atoms with Crippen LogP contribution in [0.4, 0.5) is 140 Å². The zero-order chi connectivity index (χ0) is 42.7. The monoisotopic (exact) mass is 869 g/mol. The van der Waals surface area contributed by atoms with E-state index >= 15 is 0 Å². The molecule has 0 spiro atoms. The van der Waals surface area contributed by atoms with Gasteiger partial charge in [-0.25, -0.2) is 8.42 Å². The largest absolute Gasteiger partial charge is 0.581 e. The highest BCUT2D eigenvalue weighted by molar-refractivity contribution is 7.90. The van der Waals surface area contributed by atoms with E-state index in [1.54, 1.807) is 0 Å². The van der Waals surface area contributed by atoms with Crippen LogP contribution in [-0.2, 0) is 10.0 Å². The molecule has 0 rings (SSSR count). The van der Waals surface area contributed by atoms with Crippen molar-refractivity contribution >= 4 is 10.0 Å². The van der Waals surface area contributed by atoms with E-state index in [0.29, 0.717) is 0 Å². The van der Waals surface area contributed by atoms with E-state index in [-0.39, 0.29) is 0 Å². The van der Waals surface area contributed by atoms with Gasteiger partial charge in [0.15, 0.2) is 0 Å². The number of hydrogen-bond acceptors (Lipinski definition) is 2. The number of nitrogens with one attached hydrogen (secondary N) is 1. The Morgan fingerprint density at radius 1 is 0.333 bits per heavy atom. The summed E-state index contributed by atoms with van der Waals surface area (Å²) in [6.45, 7) is 0. The van der Waals surface area contributed by atoms with Crippen LogP contribution in [0.3, 0.4) is 0 Å². The van der Waals surface area contributed by atoms with Gasteiger partial charge in [-0.05, 0) is 0 Å². The van der Waals surface area contributed by atoms with Crippen LogP contribution in [-0.4, -0.2) is 96.8 Å². The Labute approximate surface area is 253 Å². The molecular formula is C14HF32N2O2S+. The molecule has 37 heteroatoms. The molecule has 0 saturated carbocycles. The summed E-state index contributed by atoms with van der Waals surface area (Å²) in [6, 6.07) is -19.0. The van der Waals surface area contributed by atoms with Gasteiger partial charge in [-0.1, -0.05) is 0 Å². The summed E-state index contributed by atoms with van der Waals surface area (Å²) in [4.78, 5) is 0. The van der Waals surface area contributed by atoms with Gasteiger partial charge in [0.05, 0.1) is 0 Å². The fraction of sp³-hybridized carbons (Fsp3) is 1.00. The van der Waals surface area contributed by atoms with Crippen LogP contribution in [0.5, 0.6) is 0 Å². The van der Waals surface area contributed by atoms with Crippen molar-refractivity contribution in [3.63, 3.8) is 0 Å². The van der Waals surface area contributed by atoms with Gasteiger partial charge in [-0.2, -0.15) is 92.2 Å². The first kappa shape index (κ1) is 48.6. The Morgan fingerprint density at radius 3 is 0.804 bits per heavy atom. The maximum Gasteiger partial charge on any atom is 0.581 e. The number of quaternary nitrogens is 1. The van der Waals surface area contributed by atoms with Crippen LogP contribution in [0.2, 0.25) is 0 Å². The molecule has 0 radical (unpaired) electrons. The highest BCUT2D eigenvalue weighted by atomic mass is 32.2. The smallest absolute Gasteiger partial charge is 0.206 e. The van der Waals surface area contributed by atoms with Gasteiger partial charge in [0, 0.05) is 4.48 Å². The lowest BCUT2D eigenvalue weighted by Crippen LogP contribution is -2.85. The fourth-order valence-corrected chi connectivity index (χ4v) is 3.98. The molecule has 0 aromatic heterocycles. The molecule has 0 aromatic carbocycles. The maximum absolute atomic E-state index is 13.9. The summed E-state index contributed by atoms with van der Waals surface area (Å²) in [5.41, 5.74) is 0. The highest BCUT2D eigenvalue weighted by Gasteiger charge is 3.02. The molecule has 0 fully saturated rings. The molecule has 4 nitrogen and oxygen atoms in total.